The van der Waals surface area contributed by atoms with Crippen LogP contribution in [0.2, 0.25) is 0 Å². The lowest BCUT2D eigenvalue weighted by Crippen LogP contribution is -2.37. The Balaban J connectivity index is 1.69. The number of nitrogens with one attached hydrogen (secondary N) is 1. The van der Waals surface area contributed by atoms with Gasteiger partial charge in [-0.05, 0) is 43.4 Å². The molecule has 1 aliphatic carbocycles. The minimum Gasteiger partial charge on any atom is -0.497 e. The molecule has 0 bridgehead atoms. The van der Waals surface area contributed by atoms with Crippen LogP contribution in [0.1, 0.15) is 25.3 Å². The van der Waals surface area contributed by atoms with Gasteiger partial charge in [-0.15, -0.1) is 0 Å². The predicted octanol–water partition coefficient (Wildman–Crippen LogP) is 1.70. The number of esters is 1. The molecule has 1 aromatic carbocycles. The maximum Gasteiger partial charge on any atom is 0.310 e. The van der Waals surface area contributed by atoms with Gasteiger partial charge in [-0.1, -0.05) is 12.1 Å². The molecule has 5 heteroatoms. The summed E-state index contributed by atoms with van der Waals surface area (Å²) in [6.07, 6.45) is 2.48. The highest BCUT2D eigenvalue weighted by Gasteiger charge is 2.28. The Morgan fingerprint density at radius 3 is 2.52 bits per heavy atom. The van der Waals surface area contributed by atoms with Crippen molar-refractivity contribution in [2.24, 2.45) is 5.92 Å². The molecule has 0 radical (unpaired) electrons. The second-order valence-corrected chi connectivity index (χ2v) is 5.38. The zero-order valence-corrected chi connectivity index (χ0v) is 12.4. The lowest BCUT2D eigenvalue weighted by molar-refractivity contribution is -0.148. The largest absolute Gasteiger partial charge is 0.497 e. The molecule has 5 nitrogen and oxygen atoms in total. The Morgan fingerprint density at radius 1 is 1.29 bits per heavy atom. The number of carbonyl (C=O) groups is 2. The molecule has 21 heavy (non-hydrogen) atoms. The molecule has 1 aromatic rings. The molecule has 2 rings (SSSR count). The Labute approximate surface area is 124 Å². The molecule has 114 valence electrons. The van der Waals surface area contributed by atoms with Gasteiger partial charge in [-0.25, -0.2) is 0 Å². The molecular weight excluding hydrogens is 270 g/mol. The number of benzene rings is 1. The van der Waals surface area contributed by atoms with E-state index in [0.717, 1.165) is 11.3 Å². The van der Waals surface area contributed by atoms with Crippen LogP contribution >= 0.6 is 0 Å². The maximum atomic E-state index is 11.7. The molecule has 0 spiro atoms. The van der Waals surface area contributed by atoms with E-state index >= 15 is 0 Å². The average molecular weight is 291 g/mol. The highest BCUT2D eigenvalue weighted by atomic mass is 16.5. The zero-order chi connectivity index (χ0) is 15.2. The van der Waals surface area contributed by atoms with E-state index in [1.807, 2.05) is 6.92 Å². The Hall–Kier alpha value is -2.04. The van der Waals surface area contributed by atoms with Crippen molar-refractivity contribution in [3.05, 3.63) is 29.8 Å². The number of ether oxygens (including phenoxy) is 2. The summed E-state index contributed by atoms with van der Waals surface area (Å²) >= 11 is 0. The Morgan fingerprint density at radius 2 is 1.95 bits per heavy atom. The Bertz CT molecular complexity index is 494. The van der Waals surface area contributed by atoms with Crippen molar-refractivity contribution in [3.63, 3.8) is 0 Å². The molecule has 1 atom stereocenters. The first-order chi connectivity index (χ1) is 10.1. The molecule has 0 heterocycles. The smallest absolute Gasteiger partial charge is 0.310 e. The fourth-order valence-corrected chi connectivity index (χ4v) is 2.12. The maximum absolute atomic E-state index is 11.7. The van der Waals surface area contributed by atoms with Crippen LogP contribution in [-0.4, -0.2) is 31.6 Å². The SMILES string of the molecule is COc1ccc(CC(=O)OCC(=O)N[C@H](C)C2CC2)cc1. The summed E-state index contributed by atoms with van der Waals surface area (Å²) in [6, 6.07) is 7.34. The van der Waals surface area contributed by atoms with Crippen molar-refractivity contribution in [2.45, 2.75) is 32.2 Å². The topological polar surface area (TPSA) is 64.6 Å². The second kappa shape index (κ2) is 7.11. The van der Waals surface area contributed by atoms with Crippen molar-refractivity contribution in [1.82, 2.24) is 5.32 Å². The van der Waals surface area contributed by atoms with E-state index in [-0.39, 0.29) is 25.0 Å². The summed E-state index contributed by atoms with van der Waals surface area (Å²) in [6.45, 7) is 1.76. The van der Waals surface area contributed by atoms with Crippen LogP contribution in [0.25, 0.3) is 0 Å². The van der Waals surface area contributed by atoms with Crippen molar-refractivity contribution in [2.75, 3.05) is 13.7 Å². The van der Waals surface area contributed by atoms with Gasteiger partial charge in [-0.3, -0.25) is 9.59 Å². The second-order valence-electron chi connectivity index (χ2n) is 5.38. The van der Waals surface area contributed by atoms with Gasteiger partial charge in [0.2, 0.25) is 0 Å². The highest BCUT2D eigenvalue weighted by molar-refractivity contribution is 5.81. The molecule has 1 amide bonds. The van der Waals surface area contributed by atoms with E-state index in [1.54, 1.807) is 31.4 Å². The van der Waals surface area contributed by atoms with Crippen LogP contribution in [-0.2, 0) is 20.7 Å². The van der Waals surface area contributed by atoms with E-state index in [1.165, 1.54) is 12.8 Å². The molecule has 1 fully saturated rings. The summed E-state index contributed by atoms with van der Waals surface area (Å²) in [5.74, 6) is 0.677. The number of hydrogen-bond acceptors (Lipinski definition) is 4. The summed E-state index contributed by atoms with van der Waals surface area (Å²) in [4.78, 5) is 23.3. The van der Waals surface area contributed by atoms with Crippen LogP contribution in [0.4, 0.5) is 0 Å². The van der Waals surface area contributed by atoms with E-state index in [2.05, 4.69) is 5.32 Å². The van der Waals surface area contributed by atoms with Gasteiger partial charge in [0.25, 0.3) is 5.91 Å². The third-order valence-corrected chi connectivity index (χ3v) is 3.59. The average Bonchev–Trinajstić information content (AvgIpc) is 3.30. The first-order valence-electron chi connectivity index (χ1n) is 7.16. The molecule has 1 saturated carbocycles. The quantitative estimate of drug-likeness (QED) is 0.777. The molecule has 1 N–H and O–H groups in total. The van der Waals surface area contributed by atoms with Crippen LogP contribution in [0, 0.1) is 5.92 Å². The van der Waals surface area contributed by atoms with Crippen molar-refractivity contribution < 1.29 is 19.1 Å². The third-order valence-electron chi connectivity index (χ3n) is 3.59. The van der Waals surface area contributed by atoms with Gasteiger partial charge < -0.3 is 14.8 Å². The number of rotatable bonds is 7. The van der Waals surface area contributed by atoms with Crippen LogP contribution < -0.4 is 10.1 Å². The first-order valence-corrected chi connectivity index (χ1v) is 7.16. The molecule has 0 saturated heterocycles. The van der Waals surface area contributed by atoms with Crippen LogP contribution in [0.5, 0.6) is 5.75 Å². The van der Waals surface area contributed by atoms with Gasteiger partial charge in [0.15, 0.2) is 6.61 Å². The molecule has 1 aliphatic rings. The Kier molecular flexibility index (Phi) is 5.20. The van der Waals surface area contributed by atoms with Crippen molar-refractivity contribution >= 4 is 11.9 Å². The summed E-state index contributed by atoms with van der Waals surface area (Å²) in [5.41, 5.74) is 0.826. The third kappa shape index (κ3) is 5.10. The number of hydrogen-bond donors (Lipinski definition) is 1. The van der Waals surface area contributed by atoms with Crippen LogP contribution in [0.15, 0.2) is 24.3 Å². The summed E-state index contributed by atoms with van der Waals surface area (Å²) < 4.78 is 10.0. The van der Waals surface area contributed by atoms with Gasteiger partial charge in [-0.2, -0.15) is 0 Å². The summed E-state index contributed by atoms with van der Waals surface area (Å²) in [5, 5.41) is 2.84. The lowest BCUT2D eigenvalue weighted by atomic mass is 10.1. The minimum absolute atomic E-state index is 0.148. The highest BCUT2D eigenvalue weighted by Crippen LogP contribution is 2.32. The van der Waals surface area contributed by atoms with Gasteiger partial charge in [0, 0.05) is 6.04 Å². The normalized spacial score (nSPS) is 15.1. The first kappa shape index (κ1) is 15.4. The molecule has 0 unspecified atom stereocenters. The number of amides is 1. The standard InChI is InChI=1S/C16H21NO4/c1-11(13-5-6-13)17-15(18)10-21-16(19)9-12-3-7-14(20-2)8-4-12/h3-4,7-8,11,13H,5-6,9-10H2,1-2H3,(H,17,18)/t11-/m1/s1. The molecule has 0 aliphatic heterocycles. The van der Waals surface area contributed by atoms with E-state index in [0.29, 0.717) is 5.92 Å². The van der Waals surface area contributed by atoms with E-state index < -0.39 is 5.97 Å². The monoisotopic (exact) mass is 291 g/mol. The number of carbonyl (C=O) groups excluding carboxylic acids is 2. The fourth-order valence-electron chi connectivity index (χ4n) is 2.12. The van der Waals surface area contributed by atoms with Crippen LogP contribution in [0.3, 0.4) is 0 Å². The predicted molar refractivity (Wildman–Crippen MR) is 78.0 cm³/mol. The summed E-state index contributed by atoms with van der Waals surface area (Å²) in [7, 11) is 1.59. The zero-order valence-electron chi connectivity index (χ0n) is 12.4. The van der Waals surface area contributed by atoms with E-state index in [4.69, 9.17) is 9.47 Å². The van der Waals surface area contributed by atoms with Crippen molar-refractivity contribution in [3.8, 4) is 5.75 Å². The number of methoxy groups -OCH3 is 1. The van der Waals surface area contributed by atoms with Gasteiger partial charge in [0.05, 0.1) is 13.5 Å². The van der Waals surface area contributed by atoms with Gasteiger partial charge in [0.1, 0.15) is 5.75 Å². The molecule has 0 aromatic heterocycles. The van der Waals surface area contributed by atoms with Gasteiger partial charge >= 0.3 is 5.97 Å². The molecular formula is C16H21NO4. The van der Waals surface area contributed by atoms with Crippen molar-refractivity contribution in [1.29, 1.82) is 0 Å². The fraction of sp³-hybridized carbons (Fsp3) is 0.500. The van der Waals surface area contributed by atoms with E-state index in [9.17, 15) is 9.59 Å². The minimum atomic E-state index is -0.408. The lowest BCUT2D eigenvalue weighted by Gasteiger charge is -2.12.